The zero-order valence-electron chi connectivity index (χ0n) is 19.1. The fourth-order valence-corrected chi connectivity index (χ4v) is 5.96. The molecule has 1 N–H and O–H groups in total. The maximum atomic E-state index is 4.64. The van der Waals surface area contributed by atoms with Crippen molar-refractivity contribution in [1.29, 1.82) is 0 Å². The molecule has 6 heteroatoms. The van der Waals surface area contributed by atoms with Crippen LogP contribution in [0.5, 0.6) is 0 Å². The molecule has 0 atom stereocenters. The van der Waals surface area contributed by atoms with Crippen molar-refractivity contribution in [3.05, 3.63) is 65.3 Å². The van der Waals surface area contributed by atoms with E-state index in [1.54, 1.807) is 17.7 Å². The van der Waals surface area contributed by atoms with E-state index in [1.807, 2.05) is 0 Å². The Morgan fingerprint density at radius 3 is 2.48 bits per heavy atom. The van der Waals surface area contributed by atoms with Gasteiger partial charge in [-0.3, -0.25) is 0 Å². The summed E-state index contributed by atoms with van der Waals surface area (Å²) < 4.78 is 0. The second-order valence-corrected chi connectivity index (χ2v) is 10.1. The van der Waals surface area contributed by atoms with E-state index in [1.165, 1.54) is 53.6 Å². The molecule has 1 fully saturated rings. The highest BCUT2D eigenvalue weighted by Gasteiger charge is 2.17. The number of aromatic nitrogens is 2. The lowest BCUT2D eigenvalue weighted by Gasteiger charge is -2.34. The highest BCUT2D eigenvalue weighted by Crippen LogP contribution is 2.39. The standard InChI is InChI=1S/C27H29N5S/c1-31-12-14-32(15-13-31)23-10-8-22(9-11-23)30-26-25-24(17-33-27(25)29-18-28-26)21-7-6-19-4-2-3-5-20(19)16-21/h6-11,16-18H,2-5,12-15H2,1H3,(H,28,29,30). The Bertz CT molecular complexity index is 1270. The number of fused-ring (bicyclic) bond motifs is 2. The van der Waals surface area contributed by atoms with Crippen molar-refractivity contribution in [2.45, 2.75) is 25.7 Å². The van der Waals surface area contributed by atoms with Crippen LogP contribution < -0.4 is 10.2 Å². The molecule has 0 saturated carbocycles. The number of hydrogen-bond acceptors (Lipinski definition) is 6. The molecule has 4 aromatic rings. The number of thiophene rings is 1. The Morgan fingerprint density at radius 2 is 1.67 bits per heavy atom. The number of nitrogens with zero attached hydrogens (tertiary/aromatic N) is 4. The minimum Gasteiger partial charge on any atom is -0.369 e. The van der Waals surface area contributed by atoms with Crippen molar-refractivity contribution in [2.24, 2.45) is 0 Å². The summed E-state index contributed by atoms with van der Waals surface area (Å²) in [5.74, 6) is 0.876. The lowest BCUT2D eigenvalue weighted by molar-refractivity contribution is 0.313. The number of piperazine rings is 1. The number of rotatable bonds is 4. The molecule has 0 radical (unpaired) electrons. The third-order valence-electron chi connectivity index (χ3n) is 7.03. The van der Waals surface area contributed by atoms with Gasteiger partial charge in [0.05, 0.1) is 5.39 Å². The monoisotopic (exact) mass is 455 g/mol. The van der Waals surface area contributed by atoms with E-state index in [4.69, 9.17) is 0 Å². The van der Waals surface area contributed by atoms with E-state index in [0.29, 0.717) is 0 Å². The molecule has 5 nitrogen and oxygen atoms in total. The predicted octanol–water partition coefficient (Wildman–Crippen LogP) is 5.73. The Hall–Kier alpha value is -2.96. The van der Waals surface area contributed by atoms with Gasteiger partial charge < -0.3 is 15.1 Å². The van der Waals surface area contributed by atoms with Gasteiger partial charge in [0.2, 0.25) is 0 Å². The first kappa shape index (κ1) is 20.6. The van der Waals surface area contributed by atoms with Crippen LogP contribution in [-0.2, 0) is 12.8 Å². The minimum atomic E-state index is 0.876. The fourth-order valence-electron chi connectivity index (χ4n) is 5.04. The zero-order valence-corrected chi connectivity index (χ0v) is 19.9. The smallest absolute Gasteiger partial charge is 0.143 e. The normalized spacial score (nSPS) is 16.7. The number of nitrogens with one attached hydrogen (secondary N) is 1. The van der Waals surface area contributed by atoms with Gasteiger partial charge in [0.15, 0.2) is 0 Å². The number of hydrogen-bond donors (Lipinski definition) is 1. The van der Waals surface area contributed by atoms with Crippen LogP contribution in [0.4, 0.5) is 17.2 Å². The SMILES string of the molecule is CN1CCN(c2ccc(Nc3ncnc4scc(-c5ccc6c(c5)CCCC6)c34)cc2)CC1. The summed E-state index contributed by atoms with van der Waals surface area (Å²) in [6.45, 7) is 4.38. The molecule has 0 spiro atoms. The lowest BCUT2D eigenvalue weighted by atomic mass is 9.89. The molecule has 2 aromatic heterocycles. The molecule has 1 aliphatic carbocycles. The summed E-state index contributed by atoms with van der Waals surface area (Å²) in [5.41, 5.74) is 7.84. The number of benzene rings is 2. The van der Waals surface area contributed by atoms with Crippen LogP contribution in [0.3, 0.4) is 0 Å². The summed E-state index contributed by atoms with van der Waals surface area (Å²) in [7, 11) is 2.19. The van der Waals surface area contributed by atoms with Crippen molar-refractivity contribution < 1.29 is 0 Å². The molecule has 3 heterocycles. The third-order valence-corrected chi connectivity index (χ3v) is 7.91. The lowest BCUT2D eigenvalue weighted by Crippen LogP contribution is -2.44. The summed E-state index contributed by atoms with van der Waals surface area (Å²) in [6.07, 6.45) is 6.66. The topological polar surface area (TPSA) is 44.3 Å². The molecule has 2 aliphatic rings. The largest absolute Gasteiger partial charge is 0.369 e. The quantitative estimate of drug-likeness (QED) is 0.426. The summed E-state index contributed by atoms with van der Waals surface area (Å²) in [6, 6.07) is 15.7. The van der Waals surface area contributed by atoms with E-state index in [0.717, 1.165) is 47.9 Å². The number of aryl methyl sites for hydroxylation is 2. The Kier molecular flexibility index (Phi) is 5.48. The van der Waals surface area contributed by atoms with Gasteiger partial charge in [0.25, 0.3) is 0 Å². The van der Waals surface area contributed by atoms with Gasteiger partial charge in [-0.25, -0.2) is 9.97 Å². The van der Waals surface area contributed by atoms with Crippen LogP contribution in [0.15, 0.2) is 54.2 Å². The van der Waals surface area contributed by atoms with Crippen LogP contribution in [0.1, 0.15) is 24.0 Å². The van der Waals surface area contributed by atoms with Crippen LogP contribution in [0, 0.1) is 0 Å². The Labute approximate surface area is 199 Å². The second kappa shape index (κ2) is 8.76. The van der Waals surface area contributed by atoms with Crippen LogP contribution in [-0.4, -0.2) is 48.1 Å². The van der Waals surface area contributed by atoms with Gasteiger partial charge in [-0.15, -0.1) is 11.3 Å². The first-order valence-corrected chi connectivity index (χ1v) is 12.8. The van der Waals surface area contributed by atoms with Crippen molar-refractivity contribution in [3.63, 3.8) is 0 Å². The molecule has 168 valence electrons. The minimum absolute atomic E-state index is 0.876. The predicted molar refractivity (Wildman–Crippen MR) is 139 cm³/mol. The Morgan fingerprint density at radius 1 is 0.879 bits per heavy atom. The average Bonchev–Trinajstić information content (AvgIpc) is 3.30. The molecular formula is C27H29N5S. The van der Waals surface area contributed by atoms with Crippen LogP contribution in [0.25, 0.3) is 21.3 Å². The Balaban J connectivity index is 1.29. The van der Waals surface area contributed by atoms with E-state index < -0.39 is 0 Å². The summed E-state index contributed by atoms with van der Waals surface area (Å²) in [4.78, 5) is 15.1. The van der Waals surface area contributed by atoms with Crippen LogP contribution in [0.2, 0.25) is 0 Å². The maximum absolute atomic E-state index is 4.64. The van der Waals surface area contributed by atoms with Crippen molar-refractivity contribution in [1.82, 2.24) is 14.9 Å². The fraction of sp³-hybridized carbons (Fsp3) is 0.333. The van der Waals surface area contributed by atoms with Gasteiger partial charge in [0.1, 0.15) is 17.0 Å². The molecule has 1 aliphatic heterocycles. The highest BCUT2D eigenvalue weighted by molar-refractivity contribution is 7.17. The molecule has 33 heavy (non-hydrogen) atoms. The first-order valence-electron chi connectivity index (χ1n) is 11.9. The zero-order chi connectivity index (χ0) is 22.2. The van der Waals surface area contributed by atoms with Gasteiger partial charge in [-0.1, -0.05) is 18.2 Å². The highest BCUT2D eigenvalue weighted by atomic mass is 32.1. The number of likely N-dealkylation sites (N-methyl/N-ethyl adjacent to an activating group) is 1. The third kappa shape index (κ3) is 4.09. The van der Waals surface area contributed by atoms with Gasteiger partial charge in [-0.2, -0.15) is 0 Å². The molecule has 1 saturated heterocycles. The van der Waals surface area contributed by atoms with Crippen molar-refractivity contribution in [3.8, 4) is 11.1 Å². The molecule has 2 aromatic carbocycles. The van der Waals surface area contributed by atoms with Crippen LogP contribution >= 0.6 is 11.3 Å². The average molecular weight is 456 g/mol. The van der Waals surface area contributed by atoms with Gasteiger partial charge in [0, 0.05) is 48.5 Å². The van der Waals surface area contributed by atoms with E-state index >= 15 is 0 Å². The van der Waals surface area contributed by atoms with Crippen molar-refractivity contribution in [2.75, 3.05) is 43.4 Å². The maximum Gasteiger partial charge on any atom is 0.143 e. The molecule has 0 amide bonds. The van der Waals surface area contributed by atoms with Gasteiger partial charge >= 0.3 is 0 Å². The first-order chi connectivity index (χ1) is 16.2. The molecule has 6 rings (SSSR count). The van der Waals surface area contributed by atoms with Crippen molar-refractivity contribution >= 4 is 38.7 Å². The molecule has 0 bridgehead atoms. The van der Waals surface area contributed by atoms with E-state index in [2.05, 4.69) is 80.0 Å². The molecule has 0 unspecified atom stereocenters. The van der Waals surface area contributed by atoms with E-state index in [9.17, 15) is 0 Å². The van der Waals surface area contributed by atoms with E-state index in [-0.39, 0.29) is 0 Å². The molecular weight excluding hydrogens is 426 g/mol. The number of anilines is 3. The summed E-state index contributed by atoms with van der Waals surface area (Å²) in [5, 5.41) is 6.91. The summed E-state index contributed by atoms with van der Waals surface area (Å²) >= 11 is 1.69. The van der Waals surface area contributed by atoms with Gasteiger partial charge in [-0.05, 0) is 73.7 Å². The second-order valence-electron chi connectivity index (χ2n) is 9.20.